The number of nitrogens with one attached hydrogen (secondary N) is 2. The van der Waals surface area contributed by atoms with Gasteiger partial charge in [0, 0.05) is 23.0 Å². The molecule has 156 valence electrons. The summed E-state index contributed by atoms with van der Waals surface area (Å²) in [6, 6.07) is 16.7. The molecule has 4 rings (SSSR count). The number of aromatic amines is 1. The number of ether oxygens (including phenoxy) is 1. The maximum atomic E-state index is 12.8. The van der Waals surface area contributed by atoms with Gasteiger partial charge in [-0.3, -0.25) is 14.5 Å². The van der Waals surface area contributed by atoms with E-state index < -0.39 is 0 Å². The highest BCUT2D eigenvalue weighted by Gasteiger charge is 2.13. The van der Waals surface area contributed by atoms with Crippen LogP contribution in [0.15, 0.2) is 60.8 Å². The lowest BCUT2D eigenvalue weighted by Crippen LogP contribution is -2.19. The lowest BCUT2D eigenvalue weighted by Gasteiger charge is -2.10. The van der Waals surface area contributed by atoms with E-state index in [1.165, 1.54) is 0 Å². The highest BCUT2D eigenvalue weighted by atomic mass is 32.1. The number of anilines is 1. The molecule has 0 saturated carbocycles. The summed E-state index contributed by atoms with van der Waals surface area (Å²) in [5.41, 5.74) is 3.17. The first kappa shape index (κ1) is 20.4. The minimum absolute atomic E-state index is 0.0214. The van der Waals surface area contributed by atoms with Gasteiger partial charge in [0.05, 0.1) is 12.8 Å². The fraction of sp³-hybridized carbons (Fsp3) is 0.136. The number of carbonyl (C=O) groups excluding carboxylic acids is 1. The topological polar surface area (TPSA) is 97.7 Å². The van der Waals surface area contributed by atoms with Crippen LogP contribution in [-0.4, -0.2) is 37.7 Å². The quantitative estimate of drug-likeness (QED) is 0.447. The van der Waals surface area contributed by atoms with Crippen molar-refractivity contribution in [2.24, 2.45) is 0 Å². The van der Waals surface area contributed by atoms with E-state index in [-0.39, 0.29) is 12.5 Å². The van der Waals surface area contributed by atoms with Crippen molar-refractivity contribution in [1.82, 2.24) is 24.7 Å². The zero-order valence-corrected chi connectivity index (χ0v) is 17.8. The van der Waals surface area contributed by atoms with Gasteiger partial charge in [0.15, 0.2) is 10.6 Å². The Morgan fingerprint density at radius 1 is 1.16 bits per heavy atom. The average molecular weight is 433 g/mol. The second-order valence-electron chi connectivity index (χ2n) is 6.79. The highest BCUT2D eigenvalue weighted by molar-refractivity contribution is 7.71. The Labute approximate surface area is 184 Å². The summed E-state index contributed by atoms with van der Waals surface area (Å²) in [7, 11) is 1.61. The van der Waals surface area contributed by atoms with Crippen molar-refractivity contribution in [2.75, 3.05) is 12.4 Å². The van der Waals surface area contributed by atoms with Gasteiger partial charge in [0.25, 0.3) is 0 Å². The van der Waals surface area contributed by atoms with Crippen LogP contribution in [0.5, 0.6) is 5.75 Å². The predicted molar refractivity (Wildman–Crippen MR) is 120 cm³/mol. The van der Waals surface area contributed by atoms with Gasteiger partial charge >= 0.3 is 0 Å². The number of aromatic nitrogens is 5. The molecular weight excluding hydrogens is 412 g/mol. The van der Waals surface area contributed by atoms with Crippen LogP contribution in [-0.2, 0) is 11.3 Å². The van der Waals surface area contributed by atoms with Gasteiger partial charge in [0.1, 0.15) is 18.1 Å². The van der Waals surface area contributed by atoms with E-state index in [1.807, 2.05) is 61.5 Å². The van der Waals surface area contributed by atoms with Crippen LogP contribution >= 0.6 is 12.2 Å². The minimum Gasteiger partial charge on any atom is -0.497 e. The van der Waals surface area contributed by atoms with E-state index in [1.54, 1.807) is 17.9 Å². The van der Waals surface area contributed by atoms with E-state index in [2.05, 4.69) is 25.5 Å². The van der Waals surface area contributed by atoms with Gasteiger partial charge in [-0.1, -0.05) is 12.1 Å². The average Bonchev–Trinajstić information content (AvgIpc) is 3.14. The first-order valence-electron chi connectivity index (χ1n) is 9.53. The number of carbonyl (C=O) groups is 1. The summed E-state index contributed by atoms with van der Waals surface area (Å²) in [6.45, 7) is 1.86. The first-order chi connectivity index (χ1) is 15.0. The summed E-state index contributed by atoms with van der Waals surface area (Å²) in [4.78, 5) is 21.3. The summed E-state index contributed by atoms with van der Waals surface area (Å²) in [6.07, 6.45) is 1.71. The Morgan fingerprint density at radius 3 is 2.71 bits per heavy atom. The van der Waals surface area contributed by atoms with E-state index in [9.17, 15) is 4.79 Å². The smallest absolute Gasteiger partial charge is 0.244 e. The molecule has 4 aromatic rings. The molecule has 0 aliphatic heterocycles. The number of rotatable bonds is 6. The number of hydrogen-bond acceptors (Lipinski definition) is 6. The van der Waals surface area contributed by atoms with Crippen LogP contribution in [0.25, 0.3) is 22.6 Å². The number of benzene rings is 2. The molecule has 0 fully saturated rings. The molecule has 0 aliphatic rings. The van der Waals surface area contributed by atoms with Crippen LogP contribution in [0.2, 0.25) is 0 Å². The van der Waals surface area contributed by atoms with Crippen molar-refractivity contribution < 1.29 is 9.53 Å². The second kappa shape index (κ2) is 8.88. The van der Waals surface area contributed by atoms with Crippen LogP contribution in [0, 0.1) is 11.7 Å². The first-order valence-corrected chi connectivity index (χ1v) is 9.94. The highest BCUT2D eigenvalue weighted by Crippen LogP contribution is 2.22. The van der Waals surface area contributed by atoms with Crippen molar-refractivity contribution in [1.29, 1.82) is 0 Å². The van der Waals surface area contributed by atoms with Crippen molar-refractivity contribution in [3.05, 3.63) is 71.4 Å². The van der Waals surface area contributed by atoms with Gasteiger partial charge in [-0.2, -0.15) is 5.10 Å². The molecule has 0 spiro atoms. The van der Waals surface area contributed by atoms with Gasteiger partial charge in [-0.05, 0) is 61.6 Å². The molecule has 9 heteroatoms. The maximum absolute atomic E-state index is 12.8. The zero-order valence-electron chi connectivity index (χ0n) is 17.0. The standard InChI is InChI=1S/C22H20N6O2S/c1-14-23-11-10-19(24-14)16-4-3-5-17(12-16)25-20(29)13-28-21(26-27-22(28)31)15-6-8-18(30-2)9-7-15/h3-12H,13H2,1-2H3,(H,25,29)(H,27,31). The normalized spacial score (nSPS) is 10.6. The Bertz CT molecular complexity index is 1280. The van der Waals surface area contributed by atoms with Crippen LogP contribution in [0.4, 0.5) is 5.69 Å². The molecule has 2 heterocycles. The van der Waals surface area contributed by atoms with E-state index in [0.29, 0.717) is 22.1 Å². The van der Waals surface area contributed by atoms with Crippen molar-refractivity contribution >= 4 is 23.8 Å². The number of H-pyrrole nitrogens is 1. The van der Waals surface area contributed by atoms with Crippen molar-refractivity contribution in [2.45, 2.75) is 13.5 Å². The number of nitrogens with zero attached hydrogens (tertiary/aromatic N) is 4. The summed E-state index contributed by atoms with van der Waals surface area (Å²) in [5, 5.41) is 9.95. The molecule has 0 unspecified atom stereocenters. The van der Waals surface area contributed by atoms with Gasteiger partial charge < -0.3 is 10.1 Å². The van der Waals surface area contributed by atoms with Crippen molar-refractivity contribution in [3.8, 4) is 28.4 Å². The molecule has 31 heavy (non-hydrogen) atoms. The molecule has 0 radical (unpaired) electrons. The number of hydrogen-bond donors (Lipinski definition) is 2. The fourth-order valence-corrected chi connectivity index (χ4v) is 3.34. The largest absolute Gasteiger partial charge is 0.497 e. The molecule has 0 bridgehead atoms. The number of methoxy groups -OCH3 is 1. The molecule has 0 aliphatic carbocycles. The van der Waals surface area contributed by atoms with Gasteiger partial charge in [0.2, 0.25) is 5.91 Å². The zero-order chi connectivity index (χ0) is 21.8. The lowest BCUT2D eigenvalue weighted by molar-refractivity contribution is -0.116. The van der Waals surface area contributed by atoms with Crippen molar-refractivity contribution in [3.63, 3.8) is 0 Å². The molecule has 2 N–H and O–H groups in total. The summed E-state index contributed by atoms with van der Waals surface area (Å²) in [5.74, 6) is 1.78. The molecule has 0 atom stereocenters. The second-order valence-corrected chi connectivity index (χ2v) is 7.17. The third kappa shape index (κ3) is 4.67. The van der Waals surface area contributed by atoms with Crippen LogP contribution < -0.4 is 10.1 Å². The molecule has 8 nitrogen and oxygen atoms in total. The molecule has 2 aromatic heterocycles. The third-order valence-corrected chi connectivity index (χ3v) is 4.94. The Balaban J connectivity index is 1.53. The molecule has 1 amide bonds. The monoisotopic (exact) mass is 432 g/mol. The minimum atomic E-state index is -0.219. The molecule has 2 aromatic carbocycles. The van der Waals surface area contributed by atoms with E-state index in [4.69, 9.17) is 17.0 Å². The van der Waals surface area contributed by atoms with Gasteiger partial charge in [-0.25, -0.2) is 9.97 Å². The Hall–Kier alpha value is -3.85. The third-order valence-electron chi connectivity index (χ3n) is 4.63. The SMILES string of the molecule is COc1ccc(-c2n[nH]c(=S)n2CC(=O)Nc2cccc(-c3ccnc(C)n3)c2)cc1. The van der Waals surface area contributed by atoms with Gasteiger partial charge in [-0.15, -0.1) is 0 Å². The van der Waals surface area contributed by atoms with Crippen LogP contribution in [0.3, 0.4) is 0 Å². The predicted octanol–water partition coefficient (Wildman–Crippen LogP) is 4.02. The Morgan fingerprint density at radius 2 is 1.97 bits per heavy atom. The Kier molecular flexibility index (Phi) is 5.85. The number of amides is 1. The molecular formula is C22H20N6O2S. The van der Waals surface area contributed by atoms with Crippen LogP contribution in [0.1, 0.15) is 5.82 Å². The summed E-state index contributed by atoms with van der Waals surface area (Å²) >= 11 is 5.33. The number of aryl methyl sites for hydroxylation is 1. The summed E-state index contributed by atoms with van der Waals surface area (Å²) < 4.78 is 7.22. The maximum Gasteiger partial charge on any atom is 0.244 e. The van der Waals surface area contributed by atoms with E-state index in [0.717, 1.165) is 22.6 Å². The van der Waals surface area contributed by atoms with E-state index >= 15 is 0 Å². The molecule has 0 saturated heterocycles. The fourth-order valence-electron chi connectivity index (χ4n) is 3.14. The lowest BCUT2D eigenvalue weighted by atomic mass is 10.1.